The molecule has 1 aliphatic carbocycles. The van der Waals surface area contributed by atoms with Crippen molar-refractivity contribution in [3.8, 4) is 0 Å². The van der Waals surface area contributed by atoms with Crippen LogP contribution in [-0.2, 0) is 6.42 Å². The van der Waals surface area contributed by atoms with Crippen LogP contribution in [0.2, 0.25) is 0 Å². The van der Waals surface area contributed by atoms with E-state index in [2.05, 4.69) is 43.6 Å². The molecule has 1 saturated carbocycles. The first-order valence-electron chi connectivity index (χ1n) is 7.00. The Balaban J connectivity index is 1.74. The molecule has 2 rings (SSSR count). The minimum Gasteiger partial charge on any atom is -0.317 e. The van der Waals surface area contributed by atoms with Crippen LogP contribution in [0.1, 0.15) is 43.2 Å². The van der Waals surface area contributed by atoms with E-state index < -0.39 is 0 Å². The van der Waals surface area contributed by atoms with E-state index >= 15 is 0 Å². The molecule has 1 aromatic carbocycles. The zero-order valence-electron chi connectivity index (χ0n) is 11.2. The largest absolute Gasteiger partial charge is 0.317 e. The first-order valence-corrected chi connectivity index (χ1v) is 7.00. The Hall–Kier alpha value is -0.820. The molecule has 1 fully saturated rings. The molecule has 1 atom stereocenters. The van der Waals surface area contributed by atoms with Gasteiger partial charge in [0.15, 0.2) is 0 Å². The van der Waals surface area contributed by atoms with Crippen LogP contribution >= 0.6 is 0 Å². The second-order valence-corrected chi connectivity index (χ2v) is 5.53. The molecule has 1 aliphatic rings. The van der Waals surface area contributed by atoms with Crippen LogP contribution in [0.4, 0.5) is 0 Å². The molecule has 0 heterocycles. The van der Waals surface area contributed by atoms with Crippen LogP contribution < -0.4 is 5.32 Å². The van der Waals surface area contributed by atoms with Crippen LogP contribution in [0.15, 0.2) is 24.3 Å². The van der Waals surface area contributed by atoms with Crippen molar-refractivity contribution in [1.82, 2.24) is 5.32 Å². The zero-order chi connectivity index (χ0) is 12.1. The Bertz CT molecular complexity index is 341. The lowest BCUT2D eigenvalue weighted by Gasteiger charge is -2.16. The highest BCUT2D eigenvalue weighted by atomic mass is 14.9. The maximum atomic E-state index is 3.47. The Morgan fingerprint density at radius 3 is 2.76 bits per heavy atom. The van der Waals surface area contributed by atoms with E-state index in [0.29, 0.717) is 6.04 Å². The van der Waals surface area contributed by atoms with Gasteiger partial charge in [-0.3, -0.25) is 0 Å². The molecule has 0 saturated heterocycles. The minimum atomic E-state index is 0.705. The Morgan fingerprint density at radius 2 is 2.12 bits per heavy atom. The van der Waals surface area contributed by atoms with E-state index in [9.17, 15) is 0 Å². The molecule has 94 valence electrons. The molecular formula is C16H25N. The summed E-state index contributed by atoms with van der Waals surface area (Å²) in [5, 5.41) is 3.47. The Kier molecular flexibility index (Phi) is 4.61. The Labute approximate surface area is 106 Å². The van der Waals surface area contributed by atoms with E-state index in [-0.39, 0.29) is 0 Å². The van der Waals surface area contributed by atoms with Crippen molar-refractivity contribution in [2.45, 2.75) is 51.5 Å². The van der Waals surface area contributed by atoms with Gasteiger partial charge in [0.2, 0.25) is 0 Å². The standard InChI is InChI=1S/C16H25N/c1-13-4-3-5-15(12-13)9-11-16(17-2)10-8-14-6-7-14/h3-5,12,14,16-17H,6-11H2,1-2H3. The van der Waals surface area contributed by atoms with Gasteiger partial charge in [0.05, 0.1) is 0 Å². The van der Waals surface area contributed by atoms with E-state index in [0.717, 1.165) is 5.92 Å². The van der Waals surface area contributed by atoms with Crippen molar-refractivity contribution < 1.29 is 0 Å². The van der Waals surface area contributed by atoms with Gasteiger partial charge in [-0.2, -0.15) is 0 Å². The fourth-order valence-electron chi connectivity index (χ4n) is 2.48. The lowest BCUT2D eigenvalue weighted by Crippen LogP contribution is -2.25. The molecule has 17 heavy (non-hydrogen) atoms. The van der Waals surface area contributed by atoms with Gasteiger partial charge >= 0.3 is 0 Å². The topological polar surface area (TPSA) is 12.0 Å². The van der Waals surface area contributed by atoms with Crippen LogP contribution in [0.5, 0.6) is 0 Å². The van der Waals surface area contributed by atoms with Crippen molar-refractivity contribution in [3.63, 3.8) is 0 Å². The average molecular weight is 231 g/mol. The summed E-state index contributed by atoms with van der Waals surface area (Å²) in [6.07, 6.45) is 8.22. The normalized spacial score (nSPS) is 17.1. The van der Waals surface area contributed by atoms with Crippen molar-refractivity contribution in [1.29, 1.82) is 0 Å². The van der Waals surface area contributed by atoms with Crippen molar-refractivity contribution in [2.75, 3.05) is 7.05 Å². The van der Waals surface area contributed by atoms with Crippen LogP contribution in [0.3, 0.4) is 0 Å². The summed E-state index contributed by atoms with van der Waals surface area (Å²) >= 11 is 0. The third kappa shape index (κ3) is 4.51. The number of hydrogen-bond donors (Lipinski definition) is 1. The minimum absolute atomic E-state index is 0.705. The molecule has 0 aliphatic heterocycles. The van der Waals surface area contributed by atoms with Crippen LogP contribution in [0.25, 0.3) is 0 Å². The fraction of sp³-hybridized carbons (Fsp3) is 0.625. The molecule has 1 unspecified atom stereocenters. The zero-order valence-corrected chi connectivity index (χ0v) is 11.2. The second-order valence-electron chi connectivity index (χ2n) is 5.53. The average Bonchev–Trinajstić information content (AvgIpc) is 3.13. The summed E-state index contributed by atoms with van der Waals surface area (Å²) in [4.78, 5) is 0. The van der Waals surface area contributed by atoms with Gasteiger partial charge < -0.3 is 5.32 Å². The van der Waals surface area contributed by atoms with Gasteiger partial charge in [-0.05, 0) is 51.1 Å². The highest BCUT2D eigenvalue weighted by molar-refractivity contribution is 5.22. The molecular weight excluding hydrogens is 206 g/mol. The van der Waals surface area contributed by atoms with Gasteiger partial charge in [0.25, 0.3) is 0 Å². The molecule has 0 aromatic heterocycles. The van der Waals surface area contributed by atoms with Gasteiger partial charge in [-0.25, -0.2) is 0 Å². The quantitative estimate of drug-likeness (QED) is 0.754. The summed E-state index contributed by atoms with van der Waals surface area (Å²) < 4.78 is 0. The highest BCUT2D eigenvalue weighted by Crippen LogP contribution is 2.34. The monoisotopic (exact) mass is 231 g/mol. The molecule has 1 aromatic rings. The summed E-state index contributed by atoms with van der Waals surface area (Å²) in [5.74, 6) is 1.06. The lowest BCUT2D eigenvalue weighted by atomic mass is 10.00. The third-order valence-electron chi connectivity index (χ3n) is 3.89. The van der Waals surface area contributed by atoms with E-state index in [4.69, 9.17) is 0 Å². The molecule has 0 spiro atoms. The van der Waals surface area contributed by atoms with Gasteiger partial charge in [0.1, 0.15) is 0 Å². The highest BCUT2D eigenvalue weighted by Gasteiger charge is 2.21. The molecule has 0 amide bonds. The Morgan fingerprint density at radius 1 is 1.29 bits per heavy atom. The van der Waals surface area contributed by atoms with E-state index in [1.54, 1.807) is 0 Å². The van der Waals surface area contributed by atoms with Gasteiger partial charge in [0, 0.05) is 6.04 Å². The predicted molar refractivity (Wildman–Crippen MR) is 74.3 cm³/mol. The molecule has 1 nitrogen and oxygen atoms in total. The number of benzene rings is 1. The third-order valence-corrected chi connectivity index (χ3v) is 3.89. The van der Waals surface area contributed by atoms with E-state index in [1.165, 1.54) is 49.7 Å². The fourth-order valence-corrected chi connectivity index (χ4v) is 2.48. The molecule has 1 N–H and O–H groups in total. The first kappa shape index (κ1) is 12.6. The number of hydrogen-bond acceptors (Lipinski definition) is 1. The predicted octanol–water partition coefficient (Wildman–Crippen LogP) is 3.71. The molecule has 0 bridgehead atoms. The van der Waals surface area contributed by atoms with Crippen LogP contribution in [0, 0.1) is 12.8 Å². The summed E-state index contributed by atoms with van der Waals surface area (Å²) in [5.41, 5.74) is 2.86. The van der Waals surface area contributed by atoms with Gasteiger partial charge in [-0.15, -0.1) is 0 Å². The van der Waals surface area contributed by atoms with E-state index in [1.807, 2.05) is 0 Å². The first-order chi connectivity index (χ1) is 8.28. The number of nitrogens with one attached hydrogen (secondary N) is 1. The summed E-state index contributed by atoms with van der Waals surface area (Å²) in [6.45, 7) is 2.17. The van der Waals surface area contributed by atoms with Crippen molar-refractivity contribution in [3.05, 3.63) is 35.4 Å². The van der Waals surface area contributed by atoms with Crippen molar-refractivity contribution >= 4 is 0 Å². The maximum absolute atomic E-state index is 3.47. The summed E-state index contributed by atoms with van der Waals surface area (Å²) in [7, 11) is 2.10. The van der Waals surface area contributed by atoms with Crippen LogP contribution in [-0.4, -0.2) is 13.1 Å². The lowest BCUT2D eigenvalue weighted by molar-refractivity contribution is 0.460. The molecule has 1 heteroatoms. The SMILES string of the molecule is CNC(CCc1cccc(C)c1)CCC1CC1. The van der Waals surface area contributed by atoms with Gasteiger partial charge in [-0.1, -0.05) is 42.7 Å². The maximum Gasteiger partial charge on any atom is 0.00673 e. The number of aryl methyl sites for hydroxylation is 2. The van der Waals surface area contributed by atoms with Crippen molar-refractivity contribution in [2.24, 2.45) is 5.92 Å². The number of rotatable bonds is 7. The molecule has 0 radical (unpaired) electrons. The summed E-state index contributed by atoms with van der Waals surface area (Å²) in [6, 6.07) is 9.61. The smallest absolute Gasteiger partial charge is 0.00673 e. The second kappa shape index (κ2) is 6.20.